The third kappa shape index (κ3) is 3.67. The molecule has 1 heterocycles. The van der Waals surface area contributed by atoms with Crippen LogP contribution < -0.4 is 0 Å². The lowest BCUT2D eigenvalue weighted by Gasteiger charge is -2.17. The van der Waals surface area contributed by atoms with Crippen molar-refractivity contribution in [3.8, 4) is 0 Å². The molecular weight excluding hydrogens is 244 g/mol. The average Bonchev–Trinajstić information content (AvgIpc) is 2.64. The van der Waals surface area contributed by atoms with Gasteiger partial charge in [-0.15, -0.1) is 0 Å². The maximum Gasteiger partial charge on any atom is 0.309 e. The van der Waals surface area contributed by atoms with Gasteiger partial charge in [0.2, 0.25) is 0 Å². The highest BCUT2D eigenvalue weighted by atomic mass is 32.2. The standard InChI is InChI=1S/C11H20O5S/c1-4-15-11(12)8(2)7-17(13,14)10-5-6-16-9(10)3/h8-10H,4-7H2,1-3H3. The second-order valence-electron chi connectivity index (χ2n) is 4.39. The van der Waals surface area contributed by atoms with Gasteiger partial charge in [0, 0.05) is 6.61 Å². The van der Waals surface area contributed by atoms with Crippen LogP contribution in [-0.4, -0.2) is 44.7 Å². The molecule has 6 heteroatoms. The molecule has 1 saturated heterocycles. The number of hydrogen-bond acceptors (Lipinski definition) is 5. The lowest BCUT2D eigenvalue weighted by atomic mass is 10.2. The first-order valence-electron chi connectivity index (χ1n) is 5.88. The molecule has 0 aromatic rings. The van der Waals surface area contributed by atoms with Crippen LogP contribution in [0.3, 0.4) is 0 Å². The maximum absolute atomic E-state index is 12.1. The number of carbonyl (C=O) groups is 1. The highest BCUT2D eigenvalue weighted by Crippen LogP contribution is 2.23. The van der Waals surface area contributed by atoms with Gasteiger partial charge in [0.15, 0.2) is 9.84 Å². The van der Waals surface area contributed by atoms with E-state index in [0.717, 1.165) is 0 Å². The van der Waals surface area contributed by atoms with Gasteiger partial charge < -0.3 is 9.47 Å². The van der Waals surface area contributed by atoms with Crippen molar-refractivity contribution in [1.82, 2.24) is 0 Å². The van der Waals surface area contributed by atoms with E-state index in [1.165, 1.54) is 0 Å². The fraction of sp³-hybridized carbons (Fsp3) is 0.909. The zero-order valence-electron chi connectivity index (χ0n) is 10.5. The summed E-state index contributed by atoms with van der Waals surface area (Å²) >= 11 is 0. The number of carbonyl (C=O) groups excluding carboxylic acids is 1. The predicted molar refractivity (Wildman–Crippen MR) is 63.4 cm³/mol. The van der Waals surface area contributed by atoms with Crippen molar-refractivity contribution < 1.29 is 22.7 Å². The molecule has 0 bridgehead atoms. The lowest BCUT2D eigenvalue weighted by Crippen LogP contribution is -2.34. The molecule has 17 heavy (non-hydrogen) atoms. The van der Waals surface area contributed by atoms with Gasteiger partial charge >= 0.3 is 5.97 Å². The molecule has 0 spiro atoms. The fourth-order valence-corrected chi connectivity index (χ4v) is 4.21. The van der Waals surface area contributed by atoms with E-state index in [9.17, 15) is 13.2 Å². The summed E-state index contributed by atoms with van der Waals surface area (Å²) in [5, 5.41) is -0.487. The average molecular weight is 264 g/mol. The van der Waals surface area contributed by atoms with Crippen LogP contribution >= 0.6 is 0 Å². The number of sulfone groups is 1. The smallest absolute Gasteiger partial charge is 0.309 e. The van der Waals surface area contributed by atoms with E-state index in [1.54, 1.807) is 20.8 Å². The Labute approximate surface area is 102 Å². The molecular formula is C11H20O5S. The Morgan fingerprint density at radius 1 is 1.53 bits per heavy atom. The topological polar surface area (TPSA) is 69.7 Å². The minimum atomic E-state index is -3.30. The van der Waals surface area contributed by atoms with Crippen molar-refractivity contribution in [3.05, 3.63) is 0 Å². The quantitative estimate of drug-likeness (QED) is 0.686. The van der Waals surface area contributed by atoms with Gasteiger partial charge in [-0.3, -0.25) is 4.79 Å². The summed E-state index contributed by atoms with van der Waals surface area (Å²) in [5.74, 6) is -1.24. The second kappa shape index (κ2) is 5.82. The van der Waals surface area contributed by atoms with Gasteiger partial charge in [0.1, 0.15) is 0 Å². The Balaban J connectivity index is 2.63. The third-order valence-corrected chi connectivity index (χ3v) is 5.45. The molecule has 0 radical (unpaired) electrons. The van der Waals surface area contributed by atoms with Crippen molar-refractivity contribution in [2.24, 2.45) is 5.92 Å². The van der Waals surface area contributed by atoms with E-state index in [4.69, 9.17) is 9.47 Å². The molecule has 5 nitrogen and oxygen atoms in total. The Bertz CT molecular complexity index is 362. The van der Waals surface area contributed by atoms with Crippen molar-refractivity contribution in [2.45, 2.75) is 38.5 Å². The number of esters is 1. The summed E-state index contributed by atoms with van der Waals surface area (Å²) in [4.78, 5) is 11.4. The van der Waals surface area contributed by atoms with Crippen molar-refractivity contribution in [1.29, 1.82) is 0 Å². The summed E-state index contributed by atoms with van der Waals surface area (Å²) in [6.07, 6.45) is 0.230. The summed E-state index contributed by atoms with van der Waals surface area (Å²) in [5.41, 5.74) is 0. The van der Waals surface area contributed by atoms with Gasteiger partial charge in [-0.05, 0) is 20.3 Å². The molecule has 0 aromatic carbocycles. The normalized spacial score (nSPS) is 26.8. The third-order valence-electron chi connectivity index (χ3n) is 2.94. The summed E-state index contributed by atoms with van der Waals surface area (Å²) < 4.78 is 34.2. The maximum atomic E-state index is 12.1. The zero-order chi connectivity index (χ0) is 13.1. The lowest BCUT2D eigenvalue weighted by molar-refractivity contribution is -0.146. The van der Waals surface area contributed by atoms with Crippen LogP contribution in [-0.2, 0) is 24.1 Å². The summed E-state index contributed by atoms with van der Waals surface area (Å²) in [7, 11) is -3.30. The molecule has 0 saturated carbocycles. The molecule has 1 rings (SSSR count). The van der Waals surface area contributed by atoms with Crippen LogP contribution in [0.25, 0.3) is 0 Å². The molecule has 0 aliphatic carbocycles. The monoisotopic (exact) mass is 264 g/mol. The van der Waals surface area contributed by atoms with E-state index in [0.29, 0.717) is 13.0 Å². The number of ether oxygens (including phenoxy) is 2. The predicted octanol–water partition coefficient (Wildman–Crippen LogP) is 0.778. The van der Waals surface area contributed by atoms with Crippen molar-refractivity contribution >= 4 is 15.8 Å². The molecule has 0 aromatic heterocycles. The molecule has 1 aliphatic heterocycles. The van der Waals surface area contributed by atoms with E-state index in [1.807, 2.05) is 0 Å². The van der Waals surface area contributed by atoms with Gasteiger partial charge in [-0.1, -0.05) is 6.92 Å². The van der Waals surface area contributed by atoms with Gasteiger partial charge in [-0.2, -0.15) is 0 Å². The Morgan fingerprint density at radius 2 is 2.18 bits per heavy atom. The molecule has 1 aliphatic rings. The minimum absolute atomic E-state index is 0.162. The van der Waals surface area contributed by atoms with Crippen LogP contribution in [0.2, 0.25) is 0 Å². The molecule has 3 atom stereocenters. The van der Waals surface area contributed by atoms with Crippen molar-refractivity contribution in [2.75, 3.05) is 19.0 Å². The van der Waals surface area contributed by atoms with Gasteiger partial charge in [-0.25, -0.2) is 8.42 Å². The molecule has 0 N–H and O–H groups in total. The number of rotatable bonds is 5. The Hall–Kier alpha value is -0.620. The minimum Gasteiger partial charge on any atom is -0.466 e. The summed E-state index contributed by atoms with van der Waals surface area (Å²) in [6.45, 7) is 5.78. The van der Waals surface area contributed by atoms with Crippen LogP contribution in [0.1, 0.15) is 27.2 Å². The van der Waals surface area contributed by atoms with Crippen LogP contribution in [0.15, 0.2) is 0 Å². The Morgan fingerprint density at radius 3 is 2.65 bits per heavy atom. The number of hydrogen-bond donors (Lipinski definition) is 0. The first-order chi connectivity index (χ1) is 7.88. The first kappa shape index (κ1) is 14.4. The molecule has 3 unspecified atom stereocenters. The molecule has 1 fully saturated rings. The van der Waals surface area contributed by atoms with E-state index < -0.39 is 27.0 Å². The van der Waals surface area contributed by atoms with Crippen LogP contribution in [0.4, 0.5) is 0 Å². The zero-order valence-corrected chi connectivity index (χ0v) is 11.3. The van der Waals surface area contributed by atoms with E-state index in [-0.39, 0.29) is 18.5 Å². The second-order valence-corrected chi connectivity index (χ2v) is 6.65. The highest BCUT2D eigenvalue weighted by molar-refractivity contribution is 7.92. The van der Waals surface area contributed by atoms with Gasteiger partial charge in [0.05, 0.1) is 29.6 Å². The van der Waals surface area contributed by atoms with E-state index >= 15 is 0 Å². The van der Waals surface area contributed by atoms with Crippen LogP contribution in [0, 0.1) is 5.92 Å². The Kier molecular flexibility index (Phi) is 4.94. The SMILES string of the molecule is CCOC(=O)C(C)CS(=O)(=O)C1CCOC1C. The largest absolute Gasteiger partial charge is 0.466 e. The first-order valence-corrected chi connectivity index (χ1v) is 7.59. The van der Waals surface area contributed by atoms with E-state index in [2.05, 4.69) is 0 Å². The van der Waals surface area contributed by atoms with Gasteiger partial charge in [0.25, 0.3) is 0 Å². The summed E-state index contributed by atoms with van der Waals surface area (Å²) in [6, 6.07) is 0. The highest BCUT2D eigenvalue weighted by Gasteiger charge is 2.37. The fourth-order valence-electron chi connectivity index (χ4n) is 2.01. The van der Waals surface area contributed by atoms with Crippen LogP contribution in [0.5, 0.6) is 0 Å². The molecule has 100 valence electrons. The molecule has 0 amide bonds. The van der Waals surface area contributed by atoms with Crippen molar-refractivity contribution in [3.63, 3.8) is 0 Å².